The molecule has 0 bridgehead atoms. The molecule has 0 aliphatic carbocycles. The molecule has 0 aliphatic heterocycles. The number of sulfonamides is 1. The van der Waals surface area contributed by atoms with Gasteiger partial charge in [-0.2, -0.15) is 0 Å². The maximum Gasteiger partial charge on any atom is 0.289 e. The third-order valence-corrected chi connectivity index (χ3v) is 6.00. The molecule has 7 nitrogen and oxygen atoms in total. The molecule has 0 saturated heterocycles. The average Bonchev–Trinajstić information content (AvgIpc) is 2.60. The van der Waals surface area contributed by atoms with Gasteiger partial charge in [0.2, 0.25) is 10.0 Å². The van der Waals surface area contributed by atoms with Crippen LogP contribution in [0.3, 0.4) is 0 Å². The van der Waals surface area contributed by atoms with E-state index in [4.69, 9.17) is 11.6 Å². The monoisotopic (exact) mass is 400 g/mol. The molecule has 1 heterocycles. The lowest BCUT2D eigenvalue weighted by Crippen LogP contribution is -2.45. The largest absolute Gasteiger partial charge is 0.289 e. The molecule has 0 fully saturated rings. The number of benzene rings is 1. The number of nitrogens with zero attached hydrogens (tertiary/aromatic N) is 4. The van der Waals surface area contributed by atoms with Gasteiger partial charge in [0.1, 0.15) is 0 Å². The Kier molecular flexibility index (Phi) is 6.39. The fourth-order valence-corrected chi connectivity index (χ4v) is 3.71. The van der Waals surface area contributed by atoms with Gasteiger partial charge in [0.05, 0.1) is 17.0 Å². The molecule has 2 aromatic rings. The summed E-state index contributed by atoms with van der Waals surface area (Å²) in [7, 11) is -1.09. The Hall–Kier alpha value is -1.68. The molecule has 0 N–H and O–H groups in total. The standard InChI is InChI=1S/C15H17ClN4O3S2/c1-19(14(21)13-12(16)9-17-15(18-13)24-3)20(2)25(22,23)10-11-7-5-4-6-8-11/h4-9H,10H2,1-3H3. The molecule has 1 aromatic carbocycles. The number of halogens is 1. The topological polar surface area (TPSA) is 83.5 Å². The van der Waals surface area contributed by atoms with Gasteiger partial charge in [0, 0.05) is 14.1 Å². The van der Waals surface area contributed by atoms with Crippen molar-refractivity contribution in [2.45, 2.75) is 10.9 Å². The highest BCUT2D eigenvalue weighted by Gasteiger charge is 2.28. The van der Waals surface area contributed by atoms with E-state index >= 15 is 0 Å². The van der Waals surface area contributed by atoms with Crippen molar-refractivity contribution in [1.29, 1.82) is 0 Å². The molecule has 0 aliphatic rings. The second-order valence-corrected chi connectivity index (χ2v) is 8.22. The zero-order chi connectivity index (χ0) is 18.6. The van der Waals surface area contributed by atoms with E-state index in [2.05, 4.69) is 9.97 Å². The molecule has 1 aromatic heterocycles. The molecule has 10 heteroatoms. The van der Waals surface area contributed by atoms with E-state index in [9.17, 15) is 13.2 Å². The minimum Gasteiger partial charge on any atom is -0.266 e. The van der Waals surface area contributed by atoms with Crippen molar-refractivity contribution in [2.24, 2.45) is 0 Å². The van der Waals surface area contributed by atoms with Gasteiger partial charge in [-0.15, -0.1) is 4.41 Å². The highest BCUT2D eigenvalue weighted by atomic mass is 35.5. The Labute approximate surface area is 156 Å². The van der Waals surface area contributed by atoms with Gasteiger partial charge in [-0.05, 0) is 11.8 Å². The number of carbonyl (C=O) groups is 1. The van der Waals surface area contributed by atoms with Gasteiger partial charge in [-0.1, -0.05) is 53.7 Å². The number of thioether (sulfide) groups is 1. The van der Waals surface area contributed by atoms with Gasteiger partial charge in [-0.25, -0.2) is 18.4 Å². The summed E-state index contributed by atoms with van der Waals surface area (Å²) in [6, 6.07) is 8.73. The van der Waals surface area contributed by atoms with Crippen molar-refractivity contribution in [3.63, 3.8) is 0 Å². The highest BCUT2D eigenvalue weighted by molar-refractivity contribution is 7.98. The zero-order valence-corrected chi connectivity index (χ0v) is 16.3. The Balaban J connectivity index is 2.24. The van der Waals surface area contributed by atoms with E-state index in [1.54, 1.807) is 36.6 Å². The fraction of sp³-hybridized carbons (Fsp3) is 0.267. The van der Waals surface area contributed by atoms with E-state index in [1.807, 2.05) is 0 Å². The lowest BCUT2D eigenvalue weighted by Gasteiger charge is -2.27. The van der Waals surface area contributed by atoms with Crippen molar-refractivity contribution < 1.29 is 13.2 Å². The fourth-order valence-electron chi connectivity index (χ4n) is 1.95. The van der Waals surface area contributed by atoms with Gasteiger partial charge >= 0.3 is 0 Å². The first-order valence-corrected chi connectivity index (χ1v) is 10.3. The van der Waals surface area contributed by atoms with Crippen LogP contribution in [0.4, 0.5) is 0 Å². The molecule has 25 heavy (non-hydrogen) atoms. The SMILES string of the molecule is CSc1ncc(Cl)c(C(=O)N(C)N(C)S(=O)(=O)Cc2ccccc2)n1. The number of aromatic nitrogens is 2. The predicted octanol–water partition coefficient (Wildman–Crippen LogP) is 2.30. The lowest BCUT2D eigenvalue weighted by atomic mass is 10.2. The van der Waals surface area contributed by atoms with E-state index in [0.29, 0.717) is 10.7 Å². The minimum atomic E-state index is -3.75. The van der Waals surface area contributed by atoms with Crippen LogP contribution in [0.5, 0.6) is 0 Å². The summed E-state index contributed by atoms with van der Waals surface area (Å²) in [5, 5.41) is 1.40. The van der Waals surface area contributed by atoms with Crippen LogP contribution in [0.2, 0.25) is 5.02 Å². The third-order valence-electron chi connectivity index (χ3n) is 3.42. The molecule has 0 atom stereocenters. The predicted molar refractivity (Wildman–Crippen MR) is 97.7 cm³/mol. The number of rotatable bonds is 6. The molecule has 1 amide bonds. The normalized spacial score (nSPS) is 11.6. The summed E-state index contributed by atoms with van der Waals surface area (Å²) in [4.78, 5) is 20.6. The van der Waals surface area contributed by atoms with Crippen molar-refractivity contribution in [3.8, 4) is 0 Å². The Morgan fingerprint density at radius 1 is 1.24 bits per heavy atom. The molecule has 0 saturated carbocycles. The summed E-state index contributed by atoms with van der Waals surface area (Å²) in [6.07, 6.45) is 3.08. The Bertz CT molecular complexity index is 862. The zero-order valence-electron chi connectivity index (χ0n) is 13.9. The maximum atomic E-state index is 12.6. The van der Waals surface area contributed by atoms with Crippen molar-refractivity contribution >= 4 is 39.3 Å². The summed E-state index contributed by atoms with van der Waals surface area (Å²) in [6.45, 7) is 0. The van der Waals surface area contributed by atoms with Crippen molar-refractivity contribution in [2.75, 3.05) is 20.4 Å². The van der Waals surface area contributed by atoms with E-state index in [1.165, 1.54) is 32.1 Å². The van der Waals surface area contributed by atoms with Crippen molar-refractivity contribution in [1.82, 2.24) is 19.4 Å². The van der Waals surface area contributed by atoms with Gasteiger partial charge in [0.15, 0.2) is 10.9 Å². The van der Waals surface area contributed by atoms with Crippen LogP contribution in [-0.2, 0) is 15.8 Å². The van der Waals surface area contributed by atoms with Crippen LogP contribution in [0.1, 0.15) is 16.1 Å². The number of hydrogen-bond acceptors (Lipinski definition) is 6. The van der Waals surface area contributed by atoms with Crippen LogP contribution in [0.25, 0.3) is 0 Å². The molecule has 2 rings (SSSR count). The van der Waals surface area contributed by atoms with Crippen LogP contribution < -0.4 is 0 Å². The van der Waals surface area contributed by atoms with Crippen molar-refractivity contribution in [3.05, 3.63) is 52.8 Å². The van der Waals surface area contributed by atoms with Crippen LogP contribution in [-0.4, -0.2) is 54.1 Å². The number of carbonyl (C=O) groups excluding carboxylic acids is 1. The molecule has 0 radical (unpaired) electrons. The molecule has 134 valence electrons. The lowest BCUT2D eigenvalue weighted by molar-refractivity contribution is 0.0526. The summed E-state index contributed by atoms with van der Waals surface area (Å²) in [5.74, 6) is -0.864. The van der Waals surface area contributed by atoms with Gasteiger partial charge in [-0.3, -0.25) is 9.80 Å². The third kappa shape index (κ3) is 4.69. The van der Waals surface area contributed by atoms with Crippen LogP contribution in [0.15, 0.2) is 41.7 Å². The van der Waals surface area contributed by atoms with E-state index in [-0.39, 0.29) is 16.5 Å². The minimum absolute atomic E-state index is 0.0507. The second-order valence-electron chi connectivity index (χ2n) is 5.06. The second kappa shape index (κ2) is 8.13. The maximum absolute atomic E-state index is 12.6. The Morgan fingerprint density at radius 3 is 2.48 bits per heavy atom. The first-order valence-electron chi connectivity index (χ1n) is 7.11. The number of hydrogen-bond donors (Lipinski definition) is 0. The smallest absolute Gasteiger partial charge is 0.266 e. The van der Waals surface area contributed by atoms with E-state index < -0.39 is 15.9 Å². The number of hydrazine groups is 1. The van der Waals surface area contributed by atoms with E-state index in [0.717, 1.165) is 9.42 Å². The molecule has 0 spiro atoms. The van der Waals surface area contributed by atoms with Crippen LogP contribution in [0, 0.1) is 0 Å². The summed E-state index contributed by atoms with van der Waals surface area (Å²) >= 11 is 7.24. The van der Waals surface area contributed by atoms with Gasteiger partial charge < -0.3 is 0 Å². The Morgan fingerprint density at radius 2 is 1.88 bits per heavy atom. The first kappa shape index (κ1) is 19.6. The molecular weight excluding hydrogens is 384 g/mol. The molecular formula is C15H17ClN4O3S2. The van der Waals surface area contributed by atoms with Gasteiger partial charge in [0.25, 0.3) is 5.91 Å². The van der Waals surface area contributed by atoms with Crippen LogP contribution >= 0.6 is 23.4 Å². The number of amides is 1. The molecule has 0 unspecified atom stereocenters. The first-order chi connectivity index (χ1) is 11.8. The summed E-state index contributed by atoms with van der Waals surface area (Å²) in [5.41, 5.74) is 0.574. The highest BCUT2D eigenvalue weighted by Crippen LogP contribution is 2.19. The summed E-state index contributed by atoms with van der Waals surface area (Å²) < 4.78 is 26.0. The quantitative estimate of drug-likeness (QED) is 0.420. The average molecular weight is 401 g/mol.